The molecule has 0 saturated carbocycles. The molecule has 0 radical (unpaired) electrons. The Bertz CT molecular complexity index is 1250. The van der Waals surface area contributed by atoms with Crippen LogP contribution in [0, 0.1) is 0 Å². The molecular formula is C28H45F3NO7PSSi. The number of halogens is 3. The maximum Gasteiger partial charge on any atom is 0.474 e. The summed E-state index contributed by atoms with van der Waals surface area (Å²) in [4.78, 5) is 13.1. The van der Waals surface area contributed by atoms with E-state index < -0.39 is 45.1 Å². The zero-order chi connectivity index (χ0) is 32.2. The first-order valence-corrected chi connectivity index (χ1v) is 18.9. The lowest BCUT2D eigenvalue weighted by molar-refractivity contribution is -0.137. The highest BCUT2D eigenvalue weighted by Crippen LogP contribution is 2.48. The van der Waals surface area contributed by atoms with Crippen molar-refractivity contribution in [1.29, 1.82) is 0 Å². The molecule has 240 valence electrons. The second-order valence-electron chi connectivity index (χ2n) is 12.9. The van der Waals surface area contributed by atoms with E-state index in [9.17, 15) is 22.5 Å². The van der Waals surface area contributed by atoms with Gasteiger partial charge in [0.05, 0.1) is 24.3 Å². The number of phosphoric ester groups is 1. The third-order valence-electron chi connectivity index (χ3n) is 7.31. The molecule has 0 fully saturated rings. The quantitative estimate of drug-likeness (QED) is 0.170. The van der Waals surface area contributed by atoms with E-state index in [2.05, 4.69) is 39.2 Å². The Morgan fingerprint density at radius 2 is 1.64 bits per heavy atom. The average Bonchev–Trinajstić information content (AvgIpc) is 3.26. The lowest BCUT2D eigenvalue weighted by Gasteiger charge is -2.42. The molecule has 2 rings (SSSR count). The van der Waals surface area contributed by atoms with E-state index in [0.29, 0.717) is 24.0 Å². The summed E-state index contributed by atoms with van der Waals surface area (Å²) >= 11 is 1.25. The van der Waals surface area contributed by atoms with Gasteiger partial charge in [0.25, 0.3) is 0 Å². The molecule has 0 spiro atoms. The fraction of sp³-hybridized carbons (Fsp3) is 0.679. The summed E-state index contributed by atoms with van der Waals surface area (Å²) in [6.45, 7) is 15.4. The fourth-order valence-corrected chi connectivity index (χ4v) is 6.70. The second-order valence-corrected chi connectivity index (χ2v) is 20.5. The summed E-state index contributed by atoms with van der Waals surface area (Å²) in [7, 11) is -3.84. The number of phosphoric acid groups is 1. The first-order chi connectivity index (χ1) is 19.1. The molecule has 0 saturated heterocycles. The number of hydrogen-bond donors (Lipinski definition) is 1. The number of alkyl carbamates (subject to hydrolysis) is 1. The lowest BCUT2D eigenvalue weighted by Crippen LogP contribution is -2.58. The third-order valence-corrected chi connectivity index (χ3v) is 14.1. The van der Waals surface area contributed by atoms with Crippen LogP contribution in [0.1, 0.15) is 65.5 Å². The molecule has 1 aromatic heterocycles. The van der Waals surface area contributed by atoms with E-state index in [4.69, 9.17) is 22.7 Å². The molecule has 2 aromatic rings. The van der Waals surface area contributed by atoms with E-state index in [-0.39, 0.29) is 18.3 Å². The third kappa shape index (κ3) is 10.3. The van der Waals surface area contributed by atoms with Crippen molar-refractivity contribution in [2.24, 2.45) is 0 Å². The number of fused-ring (bicyclic) bond motifs is 1. The molecule has 1 N–H and O–H groups in total. The minimum atomic E-state index is -4.42. The molecule has 1 heterocycles. The van der Waals surface area contributed by atoms with Crippen LogP contribution in [-0.4, -0.2) is 53.0 Å². The smallest absolute Gasteiger partial charge is 0.444 e. The highest BCUT2D eigenvalue weighted by atomic mass is 32.1. The number of rotatable bonds is 13. The zero-order valence-corrected chi connectivity index (χ0v) is 28.9. The summed E-state index contributed by atoms with van der Waals surface area (Å²) < 4.78 is 80.7. The van der Waals surface area contributed by atoms with E-state index in [1.54, 1.807) is 20.8 Å². The van der Waals surface area contributed by atoms with Gasteiger partial charge in [-0.25, -0.2) is 9.36 Å². The van der Waals surface area contributed by atoms with Crippen molar-refractivity contribution < 1.29 is 45.3 Å². The van der Waals surface area contributed by atoms with Crippen molar-refractivity contribution in [3.05, 3.63) is 34.7 Å². The predicted octanol–water partition coefficient (Wildman–Crippen LogP) is 8.95. The number of ether oxygens (including phenoxy) is 1. The molecule has 0 aliphatic carbocycles. The standard InChI is InChI=1S/C28H45F3NO7PSSi/c1-25(2,3)39-24(33)32-27(18-37-40(34,35-7)36-8,19-38-42(9,10)26(4,5)6)15-11-12-20-17-41-23-16-21(28(29,30)31)13-14-22(20)23/h13-14,16-17H,11-12,15,18-19H2,1-10H3,(H,32,33). The molecule has 14 heteroatoms. The van der Waals surface area contributed by atoms with Crippen LogP contribution in [0.3, 0.4) is 0 Å². The van der Waals surface area contributed by atoms with Gasteiger partial charge in [0, 0.05) is 18.9 Å². The topological polar surface area (TPSA) is 92.3 Å². The van der Waals surface area contributed by atoms with Gasteiger partial charge < -0.3 is 14.5 Å². The molecule has 1 amide bonds. The van der Waals surface area contributed by atoms with Gasteiger partial charge in [-0.2, -0.15) is 13.2 Å². The van der Waals surface area contributed by atoms with E-state index >= 15 is 0 Å². The maximum absolute atomic E-state index is 13.2. The van der Waals surface area contributed by atoms with Crippen molar-refractivity contribution in [1.82, 2.24) is 5.32 Å². The Morgan fingerprint density at radius 1 is 1.02 bits per heavy atom. The normalized spacial score (nSPS) is 15.1. The van der Waals surface area contributed by atoms with Gasteiger partial charge in [0.1, 0.15) is 5.60 Å². The van der Waals surface area contributed by atoms with Gasteiger partial charge in [0.15, 0.2) is 8.32 Å². The number of hydrogen-bond acceptors (Lipinski definition) is 8. The molecule has 0 aliphatic rings. The van der Waals surface area contributed by atoms with Crippen LogP contribution in [0.15, 0.2) is 23.6 Å². The zero-order valence-electron chi connectivity index (χ0n) is 26.2. The Morgan fingerprint density at radius 3 is 2.17 bits per heavy atom. The van der Waals surface area contributed by atoms with Crippen molar-refractivity contribution in [2.45, 2.75) is 96.3 Å². The van der Waals surface area contributed by atoms with Gasteiger partial charge in [-0.15, -0.1) is 11.3 Å². The molecule has 8 nitrogen and oxygen atoms in total. The second kappa shape index (κ2) is 13.7. The number of alkyl halides is 3. The van der Waals surface area contributed by atoms with E-state index in [0.717, 1.165) is 23.1 Å². The molecular weight excluding hydrogens is 610 g/mol. The van der Waals surface area contributed by atoms with Crippen LogP contribution in [0.5, 0.6) is 0 Å². The average molecular weight is 656 g/mol. The van der Waals surface area contributed by atoms with Crippen LogP contribution in [0.2, 0.25) is 18.1 Å². The summed E-state index contributed by atoms with van der Waals surface area (Å²) in [6.07, 6.45) is -3.80. The van der Waals surface area contributed by atoms with Crippen LogP contribution in [-0.2, 0) is 39.9 Å². The first kappa shape index (κ1) is 36.7. The molecule has 1 unspecified atom stereocenters. The molecule has 1 atom stereocenters. The number of nitrogens with one attached hydrogen (secondary N) is 1. The number of carbonyl (C=O) groups excluding carboxylic acids is 1. The van der Waals surface area contributed by atoms with Crippen LogP contribution in [0.25, 0.3) is 10.1 Å². The van der Waals surface area contributed by atoms with Gasteiger partial charge in [0.2, 0.25) is 0 Å². The Balaban J connectivity index is 2.41. The number of amides is 1. The Kier molecular flexibility index (Phi) is 11.9. The van der Waals surface area contributed by atoms with Gasteiger partial charge in [-0.05, 0) is 86.6 Å². The lowest BCUT2D eigenvalue weighted by atomic mass is 9.93. The largest absolute Gasteiger partial charge is 0.474 e. The predicted molar refractivity (Wildman–Crippen MR) is 163 cm³/mol. The Hall–Kier alpha value is -1.47. The molecule has 0 aliphatic heterocycles. The number of benzene rings is 1. The molecule has 1 aromatic carbocycles. The monoisotopic (exact) mass is 655 g/mol. The van der Waals surface area contributed by atoms with Crippen LogP contribution in [0.4, 0.5) is 18.0 Å². The van der Waals surface area contributed by atoms with E-state index in [1.807, 2.05) is 5.38 Å². The van der Waals surface area contributed by atoms with Gasteiger partial charge in [-0.1, -0.05) is 26.8 Å². The molecule has 0 bridgehead atoms. The summed E-state index contributed by atoms with van der Waals surface area (Å²) in [5.41, 5.74) is -1.78. The van der Waals surface area contributed by atoms with Crippen LogP contribution >= 0.6 is 19.2 Å². The van der Waals surface area contributed by atoms with Crippen molar-refractivity contribution >= 4 is 43.7 Å². The van der Waals surface area contributed by atoms with Crippen molar-refractivity contribution in [3.63, 3.8) is 0 Å². The minimum absolute atomic E-state index is 0.0372. The maximum atomic E-state index is 13.2. The summed E-state index contributed by atoms with van der Waals surface area (Å²) in [6, 6.07) is 3.74. The number of aryl methyl sites for hydroxylation is 1. The Labute approximate surface area is 252 Å². The van der Waals surface area contributed by atoms with Crippen molar-refractivity contribution in [3.8, 4) is 0 Å². The summed E-state index contributed by atoms with van der Waals surface area (Å²) in [5.74, 6) is 0. The fourth-order valence-electron chi connectivity index (χ4n) is 3.83. The van der Waals surface area contributed by atoms with E-state index in [1.165, 1.54) is 31.6 Å². The van der Waals surface area contributed by atoms with Gasteiger partial charge >= 0.3 is 20.1 Å². The number of thiophene rings is 1. The SMILES string of the molecule is COP(=O)(OC)OCC(CCCc1csc2cc(C(F)(F)F)ccc12)(CO[Si](C)(C)C(C)(C)C)NC(=O)OC(C)(C)C. The minimum Gasteiger partial charge on any atom is -0.444 e. The van der Waals surface area contributed by atoms with Gasteiger partial charge in [-0.3, -0.25) is 13.6 Å². The highest BCUT2D eigenvalue weighted by molar-refractivity contribution is 7.48. The number of carbonyl (C=O) groups is 1. The summed E-state index contributed by atoms with van der Waals surface area (Å²) in [5, 5.41) is 5.39. The van der Waals surface area contributed by atoms with Crippen LogP contribution < -0.4 is 5.32 Å². The molecule has 42 heavy (non-hydrogen) atoms. The van der Waals surface area contributed by atoms with Crippen molar-refractivity contribution in [2.75, 3.05) is 27.4 Å². The highest BCUT2D eigenvalue weighted by Gasteiger charge is 2.43. The first-order valence-electron chi connectivity index (χ1n) is 13.6.